The molecule has 2 rings (SSSR count). The fourth-order valence-electron chi connectivity index (χ4n) is 1.71. The molecule has 0 bridgehead atoms. The van der Waals surface area contributed by atoms with E-state index in [1.165, 1.54) is 20.5 Å². The molecular formula is C12H15NS. The standard InChI is InChI=1S/C12H15NS/c1-8(13)5-10-3-4-11-6-9(2)14-12(11)7-10/h3-4,6-8H,5,13H2,1-2H3. The van der Waals surface area contributed by atoms with Crippen molar-refractivity contribution in [1.29, 1.82) is 0 Å². The molecule has 0 aliphatic carbocycles. The van der Waals surface area contributed by atoms with Crippen LogP contribution in [-0.4, -0.2) is 6.04 Å². The highest BCUT2D eigenvalue weighted by Gasteiger charge is 2.01. The highest BCUT2D eigenvalue weighted by atomic mass is 32.1. The van der Waals surface area contributed by atoms with E-state index in [1.807, 2.05) is 18.3 Å². The third-order valence-electron chi connectivity index (χ3n) is 2.27. The van der Waals surface area contributed by atoms with Gasteiger partial charge in [0.15, 0.2) is 0 Å². The summed E-state index contributed by atoms with van der Waals surface area (Å²) in [5.74, 6) is 0. The Hall–Kier alpha value is -0.860. The molecule has 1 unspecified atom stereocenters. The third-order valence-corrected chi connectivity index (χ3v) is 3.28. The largest absolute Gasteiger partial charge is 0.328 e. The second kappa shape index (κ2) is 3.71. The quantitative estimate of drug-likeness (QED) is 0.801. The molecule has 0 aliphatic heterocycles. The molecule has 1 heterocycles. The molecule has 0 aliphatic rings. The van der Waals surface area contributed by atoms with Crippen LogP contribution in [0.5, 0.6) is 0 Å². The second-order valence-electron chi connectivity index (χ2n) is 3.91. The maximum atomic E-state index is 5.78. The maximum Gasteiger partial charge on any atom is 0.0348 e. The Morgan fingerprint density at radius 2 is 2.14 bits per heavy atom. The topological polar surface area (TPSA) is 26.0 Å². The van der Waals surface area contributed by atoms with Gasteiger partial charge in [0.05, 0.1) is 0 Å². The fourth-order valence-corrected chi connectivity index (χ4v) is 2.69. The van der Waals surface area contributed by atoms with Crippen molar-refractivity contribution in [3.8, 4) is 0 Å². The van der Waals surface area contributed by atoms with Crippen molar-refractivity contribution < 1.29 is 0 Å². The summed E-state index contributed by atoms with van der Waals surface area (Å²) in [6.07, 6.45) is 0.965. The van der Waals surface area contributed by atoms with Crippen molar-refractivity contribution in [3.63, 3.8) is 0 Å². The zero-order valence-corrected chi connectivity index (χ0v) is 9.40. The van der Waals surface area contributed by atoms with E-state index in [0.29, 0.717) is 0 Å². The average Bonchev–Trinajstić information content (AvgIpc) is 2.42. The van der Waals surface area contributed by atoms with Crippen LogP contribution < -0.4 is 5.73 Å². The van der Waals surface area contributed by atoms with E-state index < -0.39 is 0 Å². The van der Waals surface area contributed by atoms with Gasteiger partial charge in [-0.2, -0.15) is 0 Å². The molecule has 1 aromatic heterocycles. The van der Waals surface area contributed by atoms with E-state index in [4.69, 9.17) is 5.73 Å². The Balaban J connectivity index is 2.40. The maximum absolute atomic E-state index is 5.78. The SMILES string of the molecule is Cc1cc2ccc(CC(C)N)cc2s1. The van der Waals surface area contributed by atoms with Crippen molar-refractivity contribution in [1.82, 2.24) is 0 Å². The van der Waals surface area contributed by atoms with Gasteiger partial charge in [-0.3, -0.25) is 0 Å². The van der Waals surface area contributed by atoms with Crippen molar-refractivity contribution in [2.75, 3.05) is 0 Å². The van der Waals surface area contributed by atoms with Gasteiger partial charge in [-0.25, -0.2) is 0 Å². The molecule has 14 heavy (non-hydrogen) atoms. The van der Waals surface area contributed by atoms with E-state index in [9.17, 15) is 0 Å². The number of fused-ring (bicyclic) bond motifs is 1. The number of hydrogen-bond donors (Lipinski definition) is 1. The van der Waals surface area contributed by atoms with Gasteiger partial charge < -0.3 is 5.73 Å². The molecule has 74 valence electrons. The average molecular weight is 205 g/mol. The zero-order valence-electron chi connectivity index (χ0n) is 8.58. The van der Waals surface area contributed by atoms with Gasteiger partial charge in [0, 0.05) is 15.6 Å². The predicted molar refractivity (Wildman–Crippen MR) is 63.9 cm³/mol. The van der Waals surface area contributed by atoms with Crippen molar-refractivity contribution in [2.24, 2.45) is 5.73 Å². The minimum absolute atomic E-state index is 0.244. The monoisotopic (exact) mass is 205 g/mol. The summed E-state index contributed by atoms with van der Waals surface area (Å²) in [6.45, 7) is 4.19. The lowest BCUT2D eigenvalue weighted by molar-refractivity contribution is 0.739. The molecule has 0 fully saturated rings. The van der Waals surface area contributed by atoms with Crippen LogP contribution in [0.3, 0.4) is 0 Å². The fraction of sp³-hybridized carbons (Fsp3) is 0.333. The Morgan fingerprint density at radius 1 is 1.36 bits per heavy atom. The molecule has 0 spiro atoms. The van der Waals surface area contributed by atoms with Gasteiger partial charge in [-0.05, 0) is 43.4 Å². The van der Waals surface area contributed by atoms with E-state index in [0.717, 1.165) is 6.42 Å². The first kappa shape index (κ1) is 9.69. The first-order chi connectivity index (χ1) is 6.65. The number of rotatable bonds is 2. The summed E-state index contributed by atoms with van der Waals surface area (Å²) >= 11 is 1.85. The smallest absolute Gasteiger partial charge is 0.0348 e. The molecule has 0 amide bonds. The Morgan fingerprint density at radius 3 is 2.86 bits per heavy atom. The first-order valence-corrected chi connectivity index (χ1v) is 5.71. The molecule has 0 radical (unpaired) electrons. The highest BCUT2D eigenvalue weighted by Crippen LogP contribution is 2.26. The predicted octanol–water partition coefficient (Wildman–Crippen LogP) is 3.10. The highest BCUT2D eigenvalue weighted by molar-refractivity contribution is 7.19. The summed E-state index contributed by atoms with van der Waals surface area (Å²) in [5, 5.41) is 1.35. The van der Waals surface area contributed by atoms with Crippen LogP contribution in [0.1, 0.15) is 17.4 Å². The lowest BCUT2D eigenvalue weighted by Gasteiger charge is -2.04. The first-order valence-electron chi connectivity index (χ1n) is 4.90. The molecule has 2 heteroatoms. The summed E-state index contributed by atoms with van der Waals surface area (Å²) in [7, 11) is 0. The summed E-state index contributed by atoms with van der Waals surface area (Å²) in [5.41, 5.74) is 7.12. The molecule has 1 aromatic carbocycles. The van der Waals surface area contributed by atoms with Gasteiger partial charge in [0.1, 0.15) is 0 Å². The van der Waals surface area contributed by atoms with E-state index in [2.05, 4.69) is 31.2 Å². The Labute approximate surface area is 88.6 Å². The number of hydrogen-bond acceptors (Lipinski definition) is 2. The van der Waals surface area contributed by atoms with Crippen LogP contribution >= 0.6 is 11.3 Å². The molecule has 2 aromatic rings. The minimum Gasteiger partial charge on any atom is -0.328 e. The summed E-state index contributed by atoms with van der Waals surface area (Å²) in [4.78, 5) is 1.37. The van der Waals surface area contributed by atoms with Gasteiger partial charge in [0.2, 0.25) is 0 Å². The van der Waals surface area contributed by atoms with Crippen LogP contribution in [0.25, 0.3) is 10.1 Å². The van der Waals surface area contributed by atoms with E-state index in [1.54, 1.807) is 0 Å². The van der Waals surface area contributed by atoms with Gasteiger partial charge in [0.25, 0.3) is 0 Å². The second-order valence-corrected chi connectivity index (χ2v) is 5.20. The van der Waals surface area contributed by atoms with Crippen molar-refractivity contribution in [2.45, 2.75) is 26.3 Å². The van der Waals surface area contributed by atoms with E-state index in [-0.39, 0.29) is 6.04 Å². The van der Waals surface area contributed by atoms with Gasteiger partial charge >= 0.3 is 0 Å². The molecule has 0 saturated heterocycles. The van der Waals surface area contributed by atoms with Crippen molar-refractivity contribution >= 4 is 21.4 Å². The Kier molecular flexibility index (Phi) is 2.57. The minimum atomic E-state index is 0.244. The van der Waals surface area contributed by atoms with Gasteiger partial charge in [-0.1, -0.05) is 12.1 Å². The lowest BCUT2D eigenvalue weighted by Crippen LogP contribution is -2.17. The molecule has 2 N–H and O–H groups in total. The van der Waals surface area contributed by atoms with Crippen LogP contribution in [0.4, 0.5) is 0 Å². The van der Waals surface area contributed by atoms with Gasteiger partial charge in [-0.15, -0.1) is 11.3 Å². The van der Waals surface area contributed by atoms with Crippen LogP contribution in [0.2, 0.25) is 0 Å². The number of aryl methyl sites for hydroxylation is 1. The van der Waals surface area contributed by atoms with Crippen LogP contribution in [0.15, 0.2) is 24.3 Å². The van der Waals surface area contributed by atoms with E-state index >= 15 is 0 Å². The molecular weight excluding hydrogens is 190 g/mol. The molecule has 0 saturated carbocycles. The number of thiophene rings is 1. The lowest BCUT2D eigenvalue weighted by atomic mass is 10.1. The summed E-state index contributed by atoms with van der Waals surface area (Å²) in [6, 6.07) is 9.11. The third kappa shape index (κ3) is 1.97. The number of nitrogens with two attached hydrogens (primary N) is 1. The van der Waals surface area contributed by atoms with Crippen LogP contribution in [-0.2, 0) is 6.42 Å². The van der Waals surface area contributed by atoms with Crippen LogP contribution in [0, 0.1) is 6.92 Å². The Bertz CT molecular complexity index is 443. The zero-order chi connectivity index (χ0) is 10.1. The number of benzene rings is 1. The molecule has 1 atom stereocenters. The normalized spacial score (nSPS) is 13.4. The molecule has 1 nitrogen and oxygen atoms in total. The summed E-state index contributed by atoms with van der Waals surface area (Å²) < 4.78 is 1.38. The van der Waals surface area contributed by atoms with Crippen molar-refractivity contribution in [3.05, 3.63) is 34.7 Å².